The van der Waals surface area contributed by atoms with Gasteiger partial charge in [-0.2, -0.15) is 0 Å². The number of amides is 1. The van der Waals surface area contributed by atoms with E-state index < -0.39 is 0 Å². The highest BCUT2D eigenvalue weighted by molar-refractivity contribution is 7.12. The third kappa shape index (κ3) is 10.6. The normalized spacial score (nSPS) is 14.2. The molecule has 0 spiro atoms. The largest absolute Gasteiger partial charge is 0.379 e. The van der Waals surface area contributed by atoms with Crippen molar-refractivity contribution in [3.8, 4) is 0 Å². The Morgan fingerprint density at radius 3 is 2.27 bits per heavy atom. The van der Waals surface area contributed by atoms with Crippen molar-refractivity contribution in [1.29, 1.82) is 0 Å². The topological polar surface area (TPSA) is 72.0 Å². The quantitative estimate of drug-likeness (QED) is 0.142. The Balaban J connectivity index is 1.96. The molecule has 2 aromatic rings. The molecule has 0 aliphatic rings. The van der Waals surface area contributed by atoms with Gasteiger partial charge < -0.3 is 20.1 Å². The zero-order valence-electron chi connectivity index (χ0n) is 25.6. The molecule has 0 unspecified atom stereocenters. The summed E-state index contributed by atoms with van der Waals surface area (Å²) >= 11 is 8.10. The van der Waals surface area contributed by atoms with Crippen LogP contribution in [0.4, 0.5) is 0 Å². The van der Waals surface area contributed by atoms with E-state index >= 15 is 0 Å². The summed E-state index contributed by atoms with van der Waals surface area (Å²) in [6.07, 6.45) is 4.56. The van der Waals surface area contributed by atoms with E-state index in [1.807, 2.05) is 44.5 Å². The maximum absolute atomic E-state index is 13.0. The molecule has 6 nitrogen and oxygen atoms in total. The van der Waals surface area contributed by atoms with E-state index in [1.54, 1.807) is 0 Å². The molecule has 0 radical (unpaired) electrons. The van der Waals surface area contributed by atoms with Gasteiger partial charge in [-0.3, -0.25) is 9.79 Å². The van der Waals surface area contributed by atoms with Crippen molar-refractivity contribution in [3.05, 3.63) is 55.7 Å². The Labute approximate surface area is 251 Å². The molecule has 8 heteroatoms. The second-order valence-corrected chi connectivity index (χ2v) is 12.6. The third-order valence-corrected chi connectivity index (χ3v) is 9.16. The van der Waals surface area contributed by atoms with Gasteiger partial charge in [0.15, 0.2) is 0 Å². The molecule has 0 saturated heterocycles. The number of rotatable bonds is 19. The Kier molecular flexibility index (Phi) is 15.4. The smallest absolute Gasteiger partial charge is 0.220 e. The number of halogens is 1. The summed E-state index contributed by atoms with van der Waals surface area (Å²) in [5, 5.41) is 6.92. The van der Waals surface area contributed by atoms with Crippen LogP contribution in [0.3, 0.4) is 0 Å². The third-order valence-electron chi connectivity index (χ3n) is 7.78. The lowest BCUT2D eigenvalue weighted by molar-refractivity contribution is -0.121. The van der Waals surface area contributed by atoms with Crippen molar-refractivity contribution >= 4 is 34.6 Å². The number of aryl methyl sites for hydroxylation is 2. The van der Waals surface area contributed by atoms with E-state index in [-0.39, 0.29) is 17.2 Å². The van der Waals surface area contributed by atoms with Gasteiger partial charge in [0.2, 0.25) is 5.91 Å². The Morgan fingerprint density at radius 2 is 1.68 bits per heavy atom. The summed E-state index contributed by atoms with van der Waals surface area (Å²) < 4.78 is 11.3. The summed E-state index contributed by atoms with van der Waals surface area (Å²) in [6, 6.07) is 8.15. The van der Waals surface area contributed by atoms with Crippen LogP contribution >= 0.6 is 22.9 Å². The number of hydrogen-bond donors (Lipinski definition) is 2. The molecule has 224 valence electrons. The number of nitrogens with zero attached hydrogens (tertiary/aromatic N) is 1. The van der Waals surface area contributed by atoms with Gasteiger partial charge in [0.25, 0.3) is 0 Å². The Bertz CT molecular complexity index is 1070. The van der Waals surface area contributed by atoms with Crippen LogP contribution in [-0.2, 0) is 19.7 Å². The van der Waals surface area contributed by atoms with E-state index in [2.05, 4.69) is 55.5 Å². The first kappa shape index (κ1) is 34.4. The lowest BCUT2D eigenvalue weighted by Crippen LogP contribution is -2.35. The molecule has 0 aliphatic heterocycles. The number of hydrogen-bond acceptors (Lipinski definition) is 6. The second-order valence-electron chi connectivity index (χ2n) is 10.8. The highest BCUT2D eigenvalue weighted by atomic mass is 35.5. The highest BCUT2D eigenvalue weighted by Gasteiger charge is 2.37. The molecular weight excluding hydrogens is 542 g/mol. The highest BCUT2D eigenvalue weighted by Crippen LogP contribution is 2.45. The van der Waals surface area contributed by atoms with Crippen LogP contribution in [0, 0.1) is 26.7 Å². The SMILES string of the molecule is CN=C(C)[C@H](CC(=O)NCCOCCOCCCCCNC)C[C@](C)(c1ccc(Cl)cc1)c1c(C)sc(C)c1C. The van der Waals surface area contributed by atoms with Crippen LogP contribution in [0.1, 0.15) is 72.4 Å². The van der Waals surface area contributed by atoms with Crippen molar-refractivity contribution in [1.82, 2.24) is 10.6 Å². The van der Waals surface area contributed by atoms with Gasteiger partial charge in [-0.25, -0.2) is 0 Å². The van der Waals surface area contributed by atoms with Crippen molar-refractivity contribution in [2.24, 2.45) is 10.9 Å². The van der Waals surface area contributed by atoms with Crippen molar-refractivity contribution in [3.63, 3.8) is 0 Å². The van der Waals surface area contributed by atoms with E-state index in [0.717, 1.165) is 36.7 Å². The molecule has 0 aliphatic carbocycles. The molecule has 0 fully saturated rings. The minimum Gasteiger partial charge on any atom is -0.379 e. The van der Waals surface area contributed by atoms with Crippen molar-refractivity contribution in [2.75, 3.05) is 53.6 Å². The number of thiophene rings is 1. The molecule has 40 heavy (non-hydrogen) atoms. The molecule has 2 N–H and O–H groups in total. The van der Waals surface area contributed by atoms with E-state index in [4.69, 9.17) is 21.1 Å². The minimum atomic E-state index is -0.295. The summed E-state index contributed by atoms with van der Waals surface area (Å²) in [4.78, 5) is 20.2. The molecule has 0 bridgehead atoms. The number of benzene rings is 1. The molecular formula is C32H50ClN3O3S. The van der Waals surface area contributed by atoms with Gasteiger partial charge in [-0.15, -0.1) is 11.3 Å². The average molecular weight is 592 g/mol. The van der Waals surface area contributed by atoms with Gasteiger partial charge in [-0.05, 0) is 95.8 Å². The molecule has 1 heterocycles. The number of aliphatic imine (C=N–C) groups is 1. The predicted molar refractivity (Wildman–Crippen MR) is 171 cm³/mol. The maximum atomic E-state index is 13.0. The zero-order chi connectivity index (χ0) is 29.5. The van der Waals surface area contributed by atoms with E-state index in [0.29, 0.717) is 32.8 Å². The van der Waals surface area contributed by atoms with E-state index in [9.17, 15) is 4.79 Å². The number of carbonyl (C=O) groups is 1. The average Bonchev–Trinajstić information content (AvgIpc) is 3.19. The van der Waals surface area contributed by atoms with Gasteiger partial charge in [-0.1, -0.05) is 30.7 Å². The van der Waals surface area contributed by atoms with Gasteiger partial charge in [0.05, 0.1) is 19.8 Å². The van der Waals surface area contributed by atoms with Crippen molar-refractivity contribution in [2.45, 2.75) is 72.1 Å². The minimum absolute atomic E-state index is 0.00731. The summed E-state index contributed by atoms with van der Waals surface area (Å²) in [6.45, 7) is 14.8. The lowest BCUT2D eigenvalue weighted by atomic mass is 9.68. The summed E-state index contributed by atoms with van der Waals surface area (Å²) in [5.74, 6) is 0.00919. The Hall–Kier alpha value is -1.77. The summed E-state index contributed by atoms with van der Waals surface area (Å²) in [7, 11) is 3.78. The fourth-order valence-electron chi connectivity index (χ4n) is 5.39. The maximum Gasteiger partial charge on any atom is 0.220 e. The van der Waals surface area contributed by atoms with Crippen LogP contribution in [0.5, 0.6) is 0 Å². The second kappa shape index (κ2) is 17.9. The van der Waals surface area contributed by atoms with Gasteiger partial charge in [0.1, 0.15) is 0 Å². The molecule has 2 rings (SSSR count). The number of nitrogens with one attached hydrogen (secondary N) is 2. The first-order valence-electron chi connectivity index (χ1n) is 14.5. The van der Waals surface area contributed by atoms with Crippen LogP contribution in [-0.4, -0.2) is 65.2 Å². The predicted octanol–water partition coefficient (Wildman–Crippen LogP) is 6.66. The van der Waals surface area contributed by atoms with E-state index in [1.165, 1.54) is 39.3 Å². The number of ether oxygens (including phenoxy) is 2. The van der Waals surface area contributed by atoms with Gasteiger partial charge >= 0.3 is 0 Å². The van der Waals surface area contributed by atoms with Crippen LogP contribution < -0.4 is 10.6 Å². The van der Waals surface area contributed by atoms with Crippen molar-refractivity contribution < 1.29 is 14.3 Å². The first-order valence-corrected chi connectivity index (χ1v) is 15.7. The molecule has 2 atom stereocenters. The monoisotopic (exact) mass is 591 g/mol. The fraction of sp³-hybridized carbons (Fsp3) is 0.625. The van der Waals surface area contributed by atoms with Crippen LogP contribution in [0.2, 0.25) is 5.02 Å². The Morgan fingerprint density at radius 1 is 1.00 bits per heavy atom. The standard InChI is InChI=1S/C32H50ClN3O3S/c1-23-25(3)40-26(4)31(23)32(5,28-11-13-29(33)14-12-28)22-27(24(2)35-7)21-30(37)36-16-18-39-20-19-38-17-10-8-9-15-34-6/h11-14,27,34H,8-10,15-22H2,1-7H3,(H,36,37)/t27-,32-/m1/s1. The molecule has 0 saturated carbocycles. The summed E-state index contributed by atoms with van der Waals surface area (Å²) in [5.41, 5.74) is 4.56. The van der Waals surface area contributed by atoms with Gasteiger partial charge in [0, 0.05) is 58.4 Å². The van der Waals surface area contributed by atoms with Crippen LogP contribution in [0.15, 0.2) is 29.3 Å². The molecule has 1 aromatic heterocycles. The zero-order valence-corrected chi connectivity index (χ0v) is 27.2. The first-order chi connectivity index (χ1) is 19.1. The molecule has 1 aromatic carbocycles. The van der Waals surface area contributed by atoms with Crippen LogP contribution in [0.25, 0.3) is 0 Å². The lowest BCUT2D eigenvalue weighted by Gasteiger charge is -2.35. The fourth-order valence-corrected chi connectivity index (χ4v) is 6.71. The number of carbonyl (C=O) groups excluding carboxylic acids is 1. The molecule has 1 amide bonds. The number of unbranched alkanes of at least 4 members (excludes halogenated alkanes) is 2.